The summed E-state index contributed by atoms with van der Waals surface area (Å²) in [6.07, 6.45) is 1.70. The second kappa shape index (κ2) is 6.64. The molecule has 3 nitrogen and oxygen atoms in total. The highest BCUT2D eigenvalue weighted by molar-refractivity contribution is 8.13. The number of rotatable bonds is 4. The van der Waals surface area contributed by atoms with Crippen LogP contribution < -0.4 is 11.5 Å². The van der Waals surface area contributed by atoms with Crippen molar-refractivity contribution in [2.24, 2.45) is 16.5 Å². The topological polar surface area (TPSA) is 64.4 Å². The first kappa shape index (κ1) is 9.52. The van der Waals surface area contributed by atoms with Crippen molar-refractivity contribution in [1.29, 1.82) is 0 Å². The summed E-state index contributed by atoms with van der Waals surface area (Å²) in [5.74, 6) is 0.826. The molecule has 0 atom stereocenters. The number of aliphatic imine (C=N–C) groups is 1. The molecule has 0 aromatic carbocycles. The van der Waals surface area contributed by atoms with Crippen LogP contribution in [0.25, 0.3) is 0 Å². The van der Waals surface area contributed by atoms with Gasteiger partial charge in [-0.25, -0.2) is 0 Å². The van der Waals surface area contributed by atoms with E-state index in [0.717, 1.165) is 5.75 Å². The molecule has 0 rings (SSSR count). The van der Waals surface area contributed by atoms with E-state index in [9.17, 15) is 0 Å². The third kappa shape index (κ3) is 5.65. The maximum atomic E-state index is 5.46. The van der Waals surface area contributed by atoms with Crippen molar-refractivity contribution in [3.8, 4) is 0 Å². The molecule has 4 N–H and O–H groups in total. The van der Waals surface area contributed by atoms with E-state index in [1.54, 1.807) is 6.08 Å². The summed E-state index contributed by atoms with van der Waals surface area (Å²) in [4.78, 5) is 3.96. The van der Waals surface area contributed by atoms with Crippen molar-refractivity contribution in [1.82, 2.24) is 0 Å². The molecule has 0 unspecified atom stereocenters. The van der Waals surface area contributed by atoms with Crippen LogP contribution in [0.4, 0.5) is 0 Å². The standard InChI is InChI=1S/C6H13N3S/c1-2-4-9-6(8)10-5-3-7/h2H,1,3-5,7H2,(H2,8,9). The van der Waals surface area contributed by atoms with Crippen LogP contribution in [0.1, 0.15) is 0 Å². The average Bonchev–Trinajstić information content (AvgIpc) is 1.97. The largest absolute Gasteiger partial charge is 0.379 e. The van der Waals surface area contributed by atoms with Gasteiger partial charge in [-0.05, 0) is 0 Å². The fraction of sp³-hybridized carbons (Fsp3) is 0.500. The van der Waals surface area contributed by atoms with Gasteiger partial charge >= 0.3 is 0 Å². The van der Waals surface area contributed by atoms with Crippen molar-refractivity contribution >= 4 is 16.9 Å². The van der Waals surface area contributed by atoms with E-state index in [1.807, 2.05) is 0 Å². The lowest BCUT2D eigenvalue weighted by Crippen LogP contribution is -2.11. The molecule has 0 radical (unpaired) electrons. The molecule has 0 spiro atoms. The first-order valence-electron chi connectivity index (χ1n) is 3.05. The number of nitrogens with two attached hydrogens (primary N) is 2. The normalized spacial score (nSPS) is 11.5. The van der Waals surface area contributed by atoms with Crippen molar-refractivity contribution < 1.29 is 0 Å². The predicted molar refractivity (Wildman–Crippen MR) is 48.2 cm³/mol. The van der Waals surface area contributed by atoms with Gasteiger partial charge in [0.2, 0.25) is 0 Å². The highest BCUT2D eigenvalue weighted by atomic mass is 32.2. The fourth-order valence-corrected chi connectivity index (χ4v) is 0.856. The molecule has 0 aromatic rings. The third-order valence-corrected chi connectivity index (χ3v) is 1.61. The van der Waals surface area contributed by atoms with Crippen LogP contribution in [0.2, 0.25) is 0 Å². The Morgan fingerprint density at radius 1 is 1.70 bits per heavy atom. The van der Waals surface area contributed by atoms with Gasteiger partial charge in [0.15, 0.2) is 5.17 Å². The van der Waals surface area contributed by atoms with Gasteiger partial charge in [0.05, 0.1) is 6.54 Å². The zero-order valence-electron chi connectivity index (χ0n) is 5.92. The Hall–Kier alpha value is -0.480. The molecular weight excluding hydrogens is 146 g/mol. The monoisotopic (exact) mass is 159 g/mol. The van der Waals surface area contributed by atoms with E-state index in [-0.39, 0.29) is 0 Å². The molecule has 0 fully saturated rings. The zero-order valence-corrected chi connectivity index (χ0v) is 6.73. The average molecular weight is 159 g/mol. The number of nitrogens with zero attached hydrogens (tertiary/aromatic N) is 1. The lowest BCUT2D eigenvalue weighted by molar-refractivity contribution is 1.15. The van der Waals surface area contributed by atoms with E-state index in [4.69, 9.17) is 11.5 Å². The maximum Gasteiger partial charge on any atom is 0.154 e. The quantitative estimate of drug-likeness (QED) is 0.349. The van der Waals surface area contributed by atoms with Crippen LogP contribution in [0.5, 0.6) is 0 Å². The van der Waals surface area contributed by atoms with Crippen LogP contribution >= 0.6 is 11.8 Å². The van der Waals surface area contributed by atoms with Crippen molar-refractivity contribution in [3.63, 3.8) is 0 Å². The van der Waals surface area contributed by atoms with Gasteiger partial charge in [-0.15, -0.1) is 6.58 Å². The van der Waals surface area contributed by atoms with E-state index in [1.165, 1.54) is 11.8 Å². The fourth-order valence-electron chi connectivity index (χ4n) is 0.364. The molecule has 0 bridgehead atoms. The predicted octanol–water partition coefficient (Wildman–Crippen LogP) is 0.179. The Balaban J connectivity index is 3.38. The molecule has 0 aliphatic rings. The number of thioether (sulfide) groups is 1. The van der Waals surface area contributed by atoms with Gasteiger partial charge in [-0.2, -0.15) is 0 Å². The Morgan fingerprint density at radius 3 is 2.90 bits per heavy atom. The maximum absolute atomic E-state index is 5.46. The molecule has 4 heteroatoms. The third-order valence-electron chi connectivity index (χ3n) is 0.744. The van der Waals surface area contributed by atoms with Crippen LogP contribution in [0, 0.1) is 0 Å². The number of amidine groups is 1. The molecule has 0 aromatic heterocycles. The molecule has 0 saturated carbocycles. The number of hydrogen-bond acceptors (Lipinski definition) is 3. The smallest absolute Gasteiger partial charge is 0.154 e. The first-order valence-corrected chi connectivity index (χ1v) is 4.03. The summed E-state index contributed by atoms with van der Waals surface area (Å²) in [5, 5.41) is 0.588. The first-order chi connectivity index (χ1) is 4.81. The molecule has 58 valence electrons. The molecule has 10 heavy (non-hydrogen) atoms. The lowest BCUT2D eigenvalue weighted by atomic mass is 10.7. The van der Waals surface area contributed by atoms with Gasteiger partial charge in [0, 0.05) is 12.3 Å². The molecular formula is C6H13N3S. The Kier molecular flexibility index (Phi) is 6.32. The van der Waals surface area contributed by atoms with Gasteiger partial charge in [-0.3, -0.25) is 4.99 Å². The van der Waals surface area contributed by atoms with Gasteiger partial charge < -0.3 is 11.5 Å². The molecule has 0 aliphatic carbocycles. The molecule has 0 aliphatic heterocycles. The Morgan fingerprint density at radius 2 is 2.40 bits per heavy atom. The summed E-state index contributed by atoms with van der Waals surface area (Å²) in [6.45, 7) is 4.74. The van der Waals surface area contributed by atoms with Gasteiger partial charge in [0.1, 0.15) is 0 Å². The summed E-state index contributed by atoms with van der Waals surface area (Å²) in [7, 11) is 0. The highest BCUT2D eigenvalue weighted by Gasteiger charge is 1.88. The molecule has 0 amide bonds. The Labute approximate surface area is 65.6 Å². The van der Waals surface area contributed by atoms with Crippen LogP contribution in [0.15, 0.2) is 17.6 Å². The second-order valence-corrected chi connectivity index (χ2v) is 2.72. The lowest BCUT2D eigenvalue weighted by Gasteiger charge is -1.95. The summed E-state index contributed by atoms with van der Waals surface area (Å²) >= 11 is 1.47. The molecule has 0 heterocycles. The minimum absolute atomic E-state index is 0.587. The highest BCUT2D eigenvalue weighted by Crippen LogP contribution is 1.96. The zero-order chi connectivity index (χ0) is 7.82. The second-order valence-electron chi connectivity index (χ2n) is 1.60. The Bertz CT molecular complexity index is 122. The van der Waals surface area contributed by atoms with E-state index in [0.29, 0.717) is 18.3 Å². The van der Waals surface area contributed by atoms with Gasteiger partial charge in [-0.1, -0.05) is 17.8 Å². The minimum atomic E-state index is 0.587. The van der Waals surface area contributed by atoms with Crippen molar-refractivity contribution in [3.05, 3.63) is 12.7 Å². The summed E-state index contributed by atoms with van der Waals surface area (Å²) < 4.78 is 0. The van der Waals surface area contributed by atoms with Crippen LogP contribution in [0.3, 0.4) is 0 Å². The van der Waals surface area contributed by atoms with Crippen LogP contribution in [-0.2, 0) is 0 Å². The van der Waals surface area contributed by atoms with E-state index < -0.39 is 0 Å². The summed E-state index contributed by atoms with van der Waals surface area (Å²) in [5.41, 5.74) is 10.7. The summed E-state index contributed by atoms with van der Waals surface area (Å²) in [6, 6.07) is 0. The molecule has 0 saturated heterocycles. The SMILES string of the molecule is C=CCN=C(N)SCCN. The van der Waals surface area contributed by atoms with E-state index >= 15 is 0 Å². The number of hydrogen-bond donors (Lipinski definition) is 2. The minimum Gasteiger partial charge on any atom is -0.379 e. The van der Waals surface area contributed by atoms with Crippen molar-refractivity contribution in [2.75, 3.05) is 18.8 Å². The van der Waals surface area contributed by atoms with Crippen LogP contribution in [-0.4, -0.2) is 24.0 Å². The van der Waals surface area contributed by atoms with Gasteiger partial charge in [0.25, 0.3) is 0 Å². The van der Waals surface area contributed by atoms with E-state index in [2.05, 4.69) is 11.6 Å². The van der Waals surface area contributed by atoms with Crippen molar-refractivity contribution in [2.45, 2.75) is 0 Å².